The minimum absolute atomic E-state index is 0.0997. The molecule has 2 aromatic rings. The second kappa shape index (κ2) is 9.69. The van der Waals surface area contributed by atoms with Crippen LogP contribution in [0.2, 0.25) is 5.02 Å². The van der Waals surface area contributed by atoms with Crippen LogP contribution in [-0.2, 0) is 21.4 Å². The lowest BCUT2D eigenvalue weighted by atomic mass is 9.96. The molecule has 2 saturated heterocycles. The molecule has 4 rings (SSSR count). The smallest absolute Gasteiger partial charge is 0.243 e. The Kier molecular flexibility index (Phi) is 6.96. The maximum absolute atomic E-state index is 13.0. The van der Waals surface area contributed by atoms with E-state index in [2.05, 4.69) is 29.2 Å². The van der Waals surface area contributed by atoms with Gasteiger partial charge in [0, 0.05) is 56.8 Å². The maximum Gasteiger partial charge on any atom is 0.243 e. The first-order valence-electron chi connectivity index (χ1n) is 10.7. The van der Waals surface area contributed by atoms with Gasteiger partial charge in [-0.1, -0.05) is 41.9 Å². The predicted octanol–water partition coefficient (Wildman–Crippen LogP) is 3.09. The number of piperazine rings is 1. The SMILES string of the molecule is O=C(C1CCN(S(=O)(=O)c2ccc(Cl)cc2)CC1)N1CCN(Cc2ccccc2)CC1. The standard InChI is InChI=1S/C23H28ClN3O3S/c24-21-6-8-22(9-7-21)31(29,30)27-12-10-20(11-13-27)23(28)26-16-14-25(15-17-26)18-19-4-2-1-3-5-19/h1-9,20H,10-18H2. The van der Waals surface area contributed by atoms with E-state index in [1.54, 1.807) is 12.1 Å². The van der Waals surface area contributed by atoms with Crippen LogP contribution in [0.3, 0.4) is 0 Å². The highest BCUT2D eigenvalue weighted by molar-refractivity contribution is 7.89. The number of benzene rings is 2. The molecule has 0 radical (unpaired) electrons. The lowest BCUT2D eigenvalue weighted by Gasteiger charge is -2.38. The number of amides is 1. The van der Waals surface area contributed by atoms with Crippen LogP contribution in [0.1, 0.15) is 18.4 Å². The molecule has 0 bridgehead atoms. The molecule has 2 aliphatic heterocycles. The summed E-state index contributed by atoms with van der Waals surface area (Å²) in [6.45, 7) is 4.84. The first-order chi connectivity index (χ1) is 14.9. The number of piperidine rings is 1. The molecule has 2 aliphatic rings. The van der Waals surface area contributed by atoms with Crippen LogP contribution in [0.25, 0.3) is 0 Å². The molecular formula is C23H28ClN3O3S. The second-order valence-corrected chi connectivity index (χ2v) is 10.6. The molecule has 0 spiro atoms. The van der Waals surface area contributed by atoms with Crippen LogP contribution in [0.15, 0.2) is 59.5 Å². The highest BCUT2D eigenvalue weighted by Gasteiger charge is 2.34. The molecule has 2 fully saturated rings. The summed E-state index contributed by atoms with van der Waals surface area (Å²) in [7, 11) is -3.55. The molecule has 0 aromatic heterocycles. The highest BCUT2D eigenvalue weighted by Crippen LogP contribution is 2.26. The Morgan fingerprint density at radius 1 is 0.871 bits per heavy atom. The van der Waals surface area contributed by atoms with Gasteiger partial charge in [0.2, 0.25) is 15.9 Å². The first kappa shape index (κ1) is 22.3. The van der Waals surface area contributed by atoms with Gasteiger partial charge in [-0.2, -0.15) is 4.31 Å². The molecule has 0 unspecified atom stereocenters. The Labute approximate surface area is 189 Å². The molecule has 0 atom stereocenters. The lowest BCUT2D eigenvalue weighted by Crippen LogP contribution is -2.51. The van der Waals surface area contributed by atoms with Crippen molar-refractivity contribution in [1.82, 2.24) is 14.1 Å². The minimum Gasteiger partial charge on any atom is -0.340 e. The zero-order chi connectivity index (χ0) is 21.8. The Bertz CT molecular complexity index is 982. The van der Waals surface area contributed by atoms with Crippen LogP contribution in [0.5, 0.6) is 0 Å². The third-order valence-electron chi connectivity index (χ3n) is 6.19. The summed E-state index contributed by atoms with van der Waals surface area (Å²) in [4.78, 5) is 17.6. The van der Waals surface area contributed by atoms with Gasteiger partial charge < -0.3 is 4.90 Å². The third-order valence-corrected chi connectivity index (χ3v) is 8.35. The highest BCUT2D eigenvalue weighted by atomic mass is 35.5. The van der Waals surface area contributed by atoms with Crippen LogP contribution < -0.4 is 0 Å². The number of nitrogens with zero attached hydrogens (tertiary/aromatic N) is 3. The van der Waals surface area contributed by atoms with Crippen molar-refractivity contribution in [2.45, 2.75) is 24.3 Å². The van der Waals surface area contributed by atoms with E-state index in [9.17, 15) is 13.2 Å². The van der Waals surface area contributed by atoms with Gasteiger partial charge in [-0.25, -0.2) is 8.42 Å². The molecule has 0 saturated carbocycles. The molecule has 31 heavy (non-hydrogen) atoms. The molecule has 166 valence electrons. The molecule has 1 amide bonds. The van der Waals surface area contributed by atoms with E-state index >= 15 is 0 Å². The number of hydrogen-bond donors (Lipinski definition) is 0. The topological polar surface area (TPSA) is 60.9 Å². The average Bonchev–Trinajstić information content (AvgIpc) is 2.80. The largest absolute Gasteiger partial charge is 0.340 e. The summed E-state index contributed by atoms with van der Waals surface area (Å²) in [6, 6.07) is 16.6. The van der Waals surface area contributed by atoms with Gasteiger partial charge in [0.05, 0.1) is 4.90 Å². The summed E-state index contributed by atoms with van der Waals surface area (Å²) in [6.07, 6.45) is 1.13. The number of carbonyl (C=O) groups excluding carboxylic acids is 1. The van der Waals surface area contributed by atoms with Crippen molar-refractivity contribution >= 4 is 27.5 Å². The normalized spacial score (nSPS) is 19.5. The molecule has 8 heteroatoms. The molecule has 2 heterocycles. The van der Waals surface area contributed by atoms with Crippen molar-refractivity contribution in [3.05, 3.63) is 65.2 Å². The van der Waals surface area contributed by atoms with Crippen LogP contribution in [0, 0.1) is 5.92 Å². The number of hydrogen-bond acceptors (Lipinski definition) is 4. The summed E-state index contributed by atoms with van der Waals surface area (Å²) < 4.78 is 27.2. The monoisotopic (exact) mass is 461 g/mol. The van der Waals surface area contributed by atoms with Gasteiger partial charge in [0.25, 0.3) is 0 Å². The van der Waals surface area contributed by atoms with Crippen LogP contribution in [-0.4, -0.2) is 67.7 Å². The Morgan fingerprint density at radius 3 is 2.10 bits per heavy atom. The van der Waals surface area contributed by atoms with E-state index in [1.165, 1.54) is 22.0 Å². The van der Waals surface area contributed by atoms with E-state index in [-0.39, 0.29) is 16.7 Å². The molecule has 0 N–H and O–H groups in total. The van der Waals surface area contributed by atoms with Gasteiger partial charge in [-0.05, 0) is 42.7 Å². The van der Waals surface area contributed by atoms with Gasteiger partial charge in [-0.15, -0.1) is 0 Å². The number of rotatable bonds is 5. The first-order valence-corrected chi connectivity index (χ1v) is 12.6. The van der Waals surface area contributed by atoms with Gasteiger partial charge in [-0.3, -0.25) is 9.69 Å². The van der Waals surface area contributed by atoms with E-state index < -0.39 is 10.0 Å². The van der Waals surface area contributed by atoms with E-state index in [1.807, 2.05) is 11.0 Å². The Balaban J connectivity index is 1.27. The van der Waals surface area contributed by atoms with Gasteiger partial charge >= 0.3 is 0 Å². The van der Waals surface area contributed by atoms with Gasteiger partial charge in [0.15, 0.2) is 0 Å². The number of carbonyl (C=O) groups is 1. The average molecular weight is 462 g/mol. The van der Waals surface area contributed by atoms with Crippen molar-refractivity contribution < 1.29 is 13.2 Å². The summed E-state index contributed by atoms with van der Waals surface area (Å²) >= 11 is 5.87. The van der Waals surface area contributed by atoms with Crippen molar-refractivity contribution in [3.8, 4) is 0 Å². The van der Waals surface area contributed by atoms with Crippen molar-refractivity contribution in [3.63, 3.8) is 0 Å². The van der Waals surface area contributed by atoms with E-state index in [0.29, 0.717) is 31.0 Å². The fourth-order valence-electron chi connectivity index (χ4n) is 4.32. The summed E-state index contributed by atoms with van der Waals surface area (Å²) in [5.74, 6) is 0.0697. The fourth-order valence-corrected chi connectivity index (χ4v) is 5.92. The Morgan fingerprint density at radius 2 is 1.48 bits per heavy atom. The second-order valence-electron chi connectivity index (χ2n) is 8.22. The predicted molar refractivity (Wildman–Crippen MR) is 121 cm³/mol. The van der Waals surface area contributed by atoms with E-state index in [0.717, 1.165) is 32.7 Å². The quantitative estimate of drug-likeness (QED) is 0.686. The van der Waals surface area contributed by atoms with E-state index in [4.69, 9.17) is 11.6 Å². The van der Waals surface area contributed by atoms with Crippen molar-refractivity contribution in [1.29, 1.82) is 0 Å². The molecule has 0 aliphatic carbocycles. The summed E-state index contributed by atoms with van der Waals surface area (Å²) in [5, 5.41) is 0.507. The van der Waals surface area contributed by atoms with Crippen LogP contribution in [0.4, 0.5) is 0 Å². The molecule has 2 aromatic carbocycles. The van der Waals surface area contributed by atoms with Crippen molar-refractivity contribution in [2.75, 3.05) is 39.3 Å². The number of halogens is 1. The zero-order valence-corrected chi connectivity index (χ0v) is 19.1. The zero-order valence-electron chi connectivity index (χ0n) is 17.5. The molecular weight excluding hydrogens is 434 g/mol. The number of sulfonamides is 1. The minimum atomic E-state index is -3.55. The van der Waals surface area contributed by atoms with Crippen LogP contribution >= 0.6 is 11.6 Å². The fraction of sp³-hybridized carbons (Fsp3) is 0.435. The third kappa shape index (κ3) is 5.29. The Hall–Kier alpha value is -1.93. The van der Waals surface area contributed by atoms with Crippen molar-refractivity contribution in [2.24, 2.45) is 5.92 Å². The molecule has 6 nitrogen and oxygen atoms in total. The summed E-state index contributed by atoms with van der Waals surface area (Å²) in [5.41, 5.74) is 1.29. The lowest BCUT2D eigenvalue weighted by molar-refractivity contribution is -0.138. The van der Waals surface area contributed by atoms with Gasteiger partial charge in [0.1, 0.15) is 0 Å². The maximum atomic E-state index is 13.0.